The molecule has 13 heavy (non-hydrogen) atoms. The maximum Gasteiger partial charge on any atom is 0.174 e. The van der Waals surface area contributed by atoms with E-state index >= 15 is 0 Å². The fourth-order valence-corrected chi connectivity index (χ4v) is 1.16. The molecule has 0 amide bonds. The van der Waals surface area contributed by atoms with Gasteiger partial charge in [-0.25, -0.2) is 4.98 Å². The largest absolute Gasteiger partial charge is 0.334 e. The molecule has 1 N–H and O–H groups in total. The summed E-state index contributed by atoms with van der Waals surface area (Å²) in [6.07, 6.45) is 6.80. The van der Waals surface area contributed by atoms with Crippen molar-refractivity contribution in [2.24, 2.45) is 15.4 Å². The Morgan fingerprint density at radius 1 is 1.69 bits per heavy atom. The molecule has 1 atom stereocenters. The first-order chi connectivity index (χ1) is 6.42. The molecule has 2 heterocycles. The maximum atomic E-state index is 3.95. The average molecular weight is 174 g/mol. The van der Waals surface area contributed by atoms with Crippen molar-refractivity contribution in [1.29, 1.82) is 0 Å². The van der Waals surface area contributed by atoms with Gasteiger partial charge in [0, 0.05) is 0 Å². The van der Waals surface area contributed by atoms with E-state index in [2.05, 4.69) is 38.3 Å². The molecule has 0 saturated carbocycles. The van der Waals surface area contributed by atoms with Gasteiger partial charge in [0.05, 0.1) is 11.9 Å². The first-order valence-electron chi connectivity index (χ1n) is 3.92. The van der Waals surface area contributed by atoms with Crippen LogP contribution in [0.25, 0.3) is 0 Å². The zero-order valence-electron chi connectivity index (χ0n) is 6.94. The quantitative estimate of drug-likeness (QED) is 0.690. The molecule has 5 heteroatoms. The van der Waals surface area contributed by atoms with E-state index in [1.807, 2.05) is 0 Å². The number of imidazole rings is 1. The van der Waals surface area contributed by atoms with Gasteiger partial charge >= 0.3 is 0 Å². The highest BCUT2D eigenvalue weighted by Gasteiger charge is 2.21. The van der Waals surface area contributed by atoms with Crippen LogP contribution in [0.15, 0.2) is 34.3 Å². The van der Waals surface area contributed by atoms with Gasteiger partial charge in [-0.05, 0) is 11.6 Å². The fourth-order valence-electron chi connectivity index (χ4n) is 1.16. The molecule has 1 aliphatic rings. The highest BCUT2D eigenvalue weighted by atomic mass is 15.4. The van der Waals surface area contributed by atoms with Gasteiger partial charge < -0.3 is 4.98 Å². The van der Waals surface area contributed by atoms with Crippen LogP contribution in [0, 0.1) is 6.33 Å². The Labute approximate surface area is 75.3 Å². The lowest BCUT2D eigenvalue weighted by Crippen LogP contribution is -2.16. The Kier molecular flexibility index (Phi) is 1.99. The second-order valence-corrected chi connectivity index (χ2v) is 2.64. The van der Waals surface area contributed by atoms with Crippen LogP contribution in [0.2, 0.25) is 0 Å². The third-order valence-electron chi connectivity index (χ3n) is 1.77. The summed E-state index contributed by atoms with van der Waals surface area (Å²) in [6.45, 7) is 3.65. The predicted octanol–water partition coefficient (Wildman–Crippen LogP) is 1.32. The third kappa shape index (κ3) is 1.40. The minimum absolute atomic E-state index is 0.0219. The fraction of sp³-hybridized carbons (Fsp3) is 0.250. The minimum Gasteiger partial charge on any atom is -0.334 e. The van der Waals surface area contributed by atoms with Crippen LogP contribution < -0.4 is 0 Å². The lowest BCUT2D eigenvalue weighted by Gasteiger charge is -2.02. The Hall–Kier alpha value is -1.78. The molecule has 5 nitrogen and oxygen atoms in total. The summed E-state index contributed by atoms with van der Waals surface area (Å²) in [7, 11) is 0. The van der Waals surface area contributed by atoms with Crippen molar-refractivity contribution < 1.29 is 0 Å². The molecule has 1 aliphatic heterocycles. The summed E-state index contributed by atoms with van der Waals surface area (Å²) in [4.78, 5) is 6.64. The lowest BCUT2D eigenvalue weighted by molar-refractivity contribution is 0.841. The Morgan fingerprint density at radius 2 is 2.62 bits per heavy atom. The normalized spacial score (nSPS) is 20.3. The SMILES string of the molecule is C=CCC1N=NN=C1c1cn[c][nH]1. The van der Waals surface area contributed by atoms with Crippen LogP contribution in [0.1, 0.15) is 12.1 Å². The molecule has 65 valence electrons. The van der Waals surface area contributed by atoms with Crippen molar-refractivity contribution in [3.63, 3.8) is 0 Å². The number of hydrogen-bond donors (Lipinski definition) is 1. The van der Waals surface area contributed by atoms with E-state index in [1.54, 1.807) is 12.3 Å². The summed E-state index contributed by atoms with van der Waals surface area (Å²) in [5.41, 5.74) is 1.62. The summed E-state index contributed by atoms with van der Waals surface area (Å²) >= 11 is 0. The van der Waals surface area contributed by atoms with E-state index < -0.39 is 0 Å². The number of nitrogens with one attached hydrogen (secondary N) is 1. The van der Waals surface area contributed by atoms with Gasteiger partial charge in [0.1, 0.15) is 11.8 Å². The minimum atomic E-state index is -0.0219. The second kappa shape index (κ2) is 3.30. The summed E-state index contributed by atoms with van der Waals surface area (Å²) in [5.74, 6) is 0. The van der Waals surface area contributed by atoms with Crippen LogP contribution in [-0.4, -0.2) is 21.7 Å². The van der Waals surface area contributed by atoms with E-state index in [1.165, 1.54) is 0 Å². The van der Waals surface area contributed by atoms with Crippen LogP contribution in [0.4, 0.5) is 0 Å². The van der Waals surface area contributed by atoms with Crippen LogP contribution in [0.3, 0.4) is 0 Å². The molecule has 0 aliphatic carbocycles. The molecule has 2 rings (SSSR count). The molecule has 0 fully saturated rings. The highest BCUT2D eigenvalue weighted by Crippen LogP contribution is 2.14. The number of nitrogens with zero attached hydrogens (tertiary/aromatic N) is 4. The number of H-pyrrole nitrogens is 1. The van der Waals surface area contributed by atoms with Crippen molar-refractivity contribution in [1.82, 2.24) is 9.97 Å². The van der Waals surface area contributed by atoms with Crippen molar-refractivity contribution in [3.05, 3.63) is 30.9 Å². The molecule has 1 aromatic heterocycles. The van der Waals surface area contributed by atoms with Gasteiger partial charge in [-0.15, -0.1) is 11.7 Å². The Bertz CT molecular complexity index is 349. The molecule has 0 bridgehead atoms. The van der Waals surface area contributed by atoms with Gasteiger partial charge in [-0.1, -0.05) is 6.08 Å². The lowest BCUT2D eigenvalue weighted by atomic mass is 10.1. The van der Waals surface area contributed by atoms with E-state index in [-0.39, 0.29) is 6.04 Å². The van der Waals surface area contributed by atoms with Crippen LogP contribution in [-0.2, 0) is 0 Å². The van der Waals surface area contributed by atoms with Gasteiger partial charge in [0.15, 0.2) is 6.33 Å². The molecular formula is C8H8N5. The van der Waals surface area contributed by atoms with Crippen molar-refractivity contribution >= 4 is 5.71 Å². The van der Waals surface area contributed by atoms with Gasteiger partial charge in [0.25, 0.3) is 0 Å². The van der Waals surface area contributed by atoms with Crippen molar-refractivity contribution in [2.75, 3.05) is 0 Å². The monoisotopic (exact) mass is 174 g/mol. The number of aromatic nitrogens is 2. The maximum absolute atomic E-state index is 3.95. The first-order valence-corrected chi connectivity index (χ1v) is 3.92. The first kappa shape index (κ1) is 7.85. The molecule has 0 saturated heterocycles. The van der Waals surface area contributed by atoms with Crippen LogP contribution >= 0.6 is 0 Å². The Morgan fingerprint density at radius 3 is 3.31 bits per heavy atom. The van der Waals surface area contributed by atoms with Crippen LogP contribution in [0.5, 0.6) is 0 Å². The Balaban J connectivity index is 2.21. The zero-order valence-corrected chi connectivity index (χ0v) is 6.94. The predicted molar refractivity (Wildman–Crippen MR) is 47.4 cm³/mol. The third-order valence-corrected chi connectivity index (χ3v) is 1.77. The van der Waals surface area contributed by atoms with Crippen molar-refractivity contribution in [2.45, 2.75) is 12.5 Å². The molecule has 1 aromatic rings. The summed E-state index contributed by atoms with van der Waals surface area (Å²) in [5, 5.41) is 11.5. The average Bonchev–Trinajstić information content (AvgIpc) is 2.71. The van der Waals surface area contributed by atoms with E-state index in [0.717, 1.165) is 17.8 Å². The molecular weight excluding hydrogens is 166 g/mol. The second-order valence-electron chi connectivity index (χ2n) is 2.64. The number of rotatable bonds is 3. The molecule has 0 aromatic carbocycles. The van der Waals surface area contributed by atoms with Crippen molar-refractivity contribution in [3.8, 4) is 0 Å². The number of aromatic amines is 1. The topological polar surface area (TPSA) is 65.8 Å². The highest BCUT2D eigenvalue weighted by molar-refractivity contribution is 6.03. The van der Waals surface area contributed by atoms with Gasteiger partial charge in [-0.3, -0.25) is 0 Å². The molecule has 0 spiro atoms. The standard InChI is InChI=1S/C8H8N5/c1-2-3-6-8(12-13-11-6)7-4-9-5-10-7/h2,4,6H,1,3H2,(H,9,10). The molecule has 1 radical (unpaired) electrons. The molecule has 1 unspecified atom stereocenters. The summed E-state index contributed by atoms with van der Waals surface area (Å²) in [6, 6.07) is -0.0219. The van der Waals surface area contributed by atoms with E-state index in [0.29, 0.717) is 0 Å². The van der Waals surface area contributed by atoms with E-state index in [4.69, 9.17) is 0 Å². The zero-order chi connectivity index (χ0) is 9.10. The van der Waals surface area contributed by atoms with Gasteiger partial charge in [-0.2, -0.15) is 5.11 Å². The number of hydrogen-bond acceptors (Lipinski definition) is 4. The summed E-state index contributed by atoms with van der Waals surface area (Å²) < 4.78 is 0. The van der Waals surface area contributed by atoms with E-state index in [9.17, 15) is 0 Å². The van der Waals surface area contributed by atoms with Gasteiger partial charge in [0.2, 0.25) is 0 Å². The smallest absolute Gasteiger partial charge is 0.174 e.